The molecule has 0 aromatic heterocycles. The van der Waals surface area contributed by atoms with E-state index in [2.05, 4.69) is 13.5 Å². The van der Waals surface area contributed by atoms with Crippen LogP contribution in [0.25, 0.3) is 0 Å². The number of carbonyl (C=O) groups excluding carboxylic acids is 1. The number of ether oxygens (including phenoxy) is 1. The van der Waals surface area contributed by atoms with Crippen molar-refractivity contribution in [3.63, 3.8) is 0 Å². The fourth-order valence-corrected chi connectivity index (χ4v) is 4.76. The van der Waals surface area contributed by atoms with Crippen LogP contribution in [0.1, 0.15) is 53.9 Å². The molecular weight excluding hydrogens is 288 g/mol. The van der Waals surface area contributed by atoms with E-state index in [1.54, 1.807) is 6.92 Å². The lowest BCUT2D eigenvalue weighted by molar-refractivity contribution is -0.144. The zero-order valence-corrected chi connectivity index (χ0v) is 15.1. The predicted molar refractivity (Wildman–Crippen MR) is 84.9 cm³/mol. The van der Waals surface area contributed by atoms with E-state index >= 15 is 0 Å². The Balaban J connectivity index is 5.29. The van der Waals surface area contributed by atoms with Gasteiger partial charge in [0, 0.05) is 25.4 Å². The maximum absolute atomic E-state index is 11.9. The Labute approximate surface area is 130 Å². The van der Waals surface area contributed by atoms with Gasteiger partial charge in [0.15, 0.2) is 5.73 Å². The van der Waals surface area contributed by atoms with Gasteiger partial charge in [0.2, 0.25) is 0 Å². The maximum atomic E-state index is 11.9. The zero-order valence-electron chi connectivity index (χ0n) is 14.1. The lowest BCUT2D eigenvalue weighted by atomic mass is 10.2. The first-order valence-electron chi connectivity index (χ1n) is 7.75. The molecule has 1 atom stereocenters. The SMILES string of the molecule is C=C(C)C(=O)OC(CCCC)[Si](OCC)(OCC)OCC. The van der Waals surface area contributed by atoms with Gasteiger partial charge < -0.3 is 18.0 Å². The number of hydrogen-bond donors (Lipinski definition) is 0. The molecule has 0 aromatic carbocycles. The van der Waals surface area contributed by atoms with E-state index in [-0.39, 0.29) is 0 Å². The molecule has 0 bridgehead atoms. The molecular formula is C15H30O5Si. The van der Waals surface area contributed by atoms with Gasteiger partial charge in [-0.3, -0.25) is 0 Å². The topological polar surface area (TPSA) is 54.0 Å². The van der Waals surface area contributed by atoms with Crippen molar-refractivity contribution in [2.45, 2.75) is 59.6 Å². The summed E-state index contributed by atoms with van der Waals surface area (Å²) >= 11 is 0. The number of esters is 1. The van der Waals surface area contributed by atoms with Crippen LogP contribution >= 0.6 is 0 Å². The molecule has 5 nitrogen and oxygen atoms in total. The molecule has 0 rings (SSSR count). The molecule has 0 radical (unpaired) electrons. The summed E-state index contributed by atoms with van der Waals surface area (Å²) in [5, 5.41) is 0. The number of carbonyl (C=O) groups is 1. The molecule has 0 fully saturated rings. The van der Waals surface area contributed by atoms with E-state index in [1.807, 2.05) is 20.8 Å². The first kappa shape index (κ1) is 20.3. The Bertz CT molecular complexity index is 302. The Morgan fingerprint density at radius 1 is 1.05 bits per heavy atom. The highest BCUT2D eigenvalue weighted by Gasteiger charge is 2.51. The molecule has 0 aromatic rings. The van der Waals surface area contributed by atoms with Gasteiger partial charge in [-0.05, 0) is 34.1 Å². The lowest BCUT2D eigenvalue weighted by Crippen LogP contribution is -2.58. The van der Waals surface area contributed by atoms with Crippen molar-refractivity contribution < 1.29 is 22.8 Å². The third kappa shape index (κ3) is 6.73. The van der Waals surface area contributed by atoms with E-state index in [1.165, 1.54) is 0 Å². The van der Waals surface area contributed by atoms with Gasteiger partial charge in [0.25, 0.3) is 0 Å². The van der Waals surface area contributed by atoms with Crippen LogP contribution in [0.3, 0.4) is 0 Å². The minimum Gasteiger partial charge on any atom is -0.454 e. The smallest absolute Gasteiger partial charge is 0.454 e. The first-order valence-corrected chi connectivity index (χ1v) is 9.55. The predicted octanol–water partition coefficient (Wildman–Crippen LogP) is 3.25. The quantitative estimate of drug-likeness (QED) is 0.314. The second-order valence-electron chi connectivity index (χ2n) is 4.72. The molecule has 6 heteroatoms. The molecule has 0 aliphatic rings. The second-order valence-corrected chi connectivity index (χ2v) is 7.44. The zero-order chi connectivity index (χ0) is 16.3. The van der Waals surface area contributed by atoms with Gasteiger partial charge in [-0.1, -0.05) is 26.3 Å². The fraction of sp³-hybridized carbons (Fsp3) is 0.800. The van der Waals surface area contributed by atoms with Crippen molar-refractivity contribution in [2.24, 2.45) is 0 Å². The summed E-state index contributed by atoms with van der Waals surface area (Å²) in [6, 6.07) is 0. The highest BCUT2D eigenvalue weighted by molar-refractivity contribution is 6.62. The van der Waals surface area contributed by atoms with E-state index in [0.29, 0.717) is 31.8 Å². The van der Waals surface area contributed by atoms with Crippen LogP contribution in [0, 0.1) is 0 Å². The number of hydrogen-bond acceptors (Lipinski definition) is 5. The molecule has 0 N–H and O–H groups in total. The minimum absolute atomic E-state index is 0.365. The summed E-state index contributed by atoms with van der Waals surface area (Å²) in [6.45, 7) is 14.4. The van der Waals surface area contributed by atoms with Crippen LogP contribution < -0.4 is 0 Å². The normalized spacial score (nSPS) is 13.0. The molecule has 0 aliphatic carbocycles. The van der Waals surface area contributed by atoms with Crippen molar-refractivity contribution in [1.29, 1.82) is 0 Å². The molecule has 124 valence electrons. The van der Waals surface area contributed by atoms with Crippen LogP contribution in [0.4, 0.5) is 0 Å². The summed E-state index contributed by atoms with van der Waals surface area (Å²) in [4.78, 5) is 11.9. The van der Waals surface area contributed by atoms with E-state index in [0.717, 1.165) is 12.8 Å². The first-order chi connectivity index (χ1) is 9.97. The van der Waals surface area contributed by atoms with Crippen molar-refractivity contribution >= 4 is 14.8 Å². The Morgan fingerprint density at radius 2 is 1.52 bits per heavy atom. The lowest BCUT2D eigenvalue weighted by Gasteiger charge is -2.34. The van der Waals surface area contributed by atoms with Gasteiger partial charge in [-0.15, -0.1) is 0 Å². The summed E-state index contributed by atoms with van der Waals surface area (Å²) in [5.41, 5.74) is -0.120. The molecule has 1 unspecified atom stereocenters. The largest absolute Gasteiger partial charge is 0.544 e. The Morgan fingerprint density at radius 3 is 1.86 bits per heavy atom. The van der Waals surface area contributed by atoms with Gasteiger partial charge in [0.1, 0.15) is 0 Å². The average Bonchev–Trinajstić information content (AvgIpc) is 2.43. The van der Waals surface area contributed by atoms with Gasteiger partial charge in [-0.2, -0.15) is 0 Å². The Hall–Kier alpha value is -0.693. The van der Waals surface area contributed by atoms with Crippen LogP contribution in [0.5, 0.6) is 0 Å². The third-order valence-corrected chi connectivity index (χ3v) is 6.12. The van der Waals surface area contributed by atoms with Crippen LogP contribution in [-0.2, 0) is 22.8 Å². The fourth-order valence-electron chi connectivity index (χ4n) is 1.93. The molecule has 0 spiro atoms. The molecule has 0 saturated heterocycles. The summed E-state index contributed by atoms with van der Waals surface area (Å²) < 4.78 is 23.1. The van der Waals surface area contributed by atoms with Crippen molar-refractivity contribution in [1.82, 2.24) is 0 Å². The van der Waals surface area contributed by atoms with E-state index in [9.17, 15) is 4.79 Å². The summed E-state index contributed by atoms with van der Waals surface area (Å²) in [7, 11) is -3.06. The number of unbranched alkanes of at least 4 members (excludes halogenated alkanes) is 1. The van der Waals surface area contributed by atoms with Crippen LogP contribution in [0.2, 0.25) is 0 Å². The van der Waals surface area contributed by atoms with Gasteiger partial charge in [-0.25, -0.2) is 4.79 Å². The van der Waals surface area contributed by atoms with Crippen LogP contribution in [0.15, 0.2) is 12.2 Å². The van der Waals surface area contributed by atoms with Crippen molar-refractivity contribution in [2.75, 3.05) is 19.8 Å². The van der Waals surface area contributed by atoms with Crippen molar-refractivity contribution in [3.05, 3.63) is 12.2 Å². The van der Waals surface area contributed by atoms with E-state index in [4.69, 9.17) is 18.0 Å². The Kier molecular flexibility index (Phi) is 10.6. The van der Waals surface area contributed by atoms with Crippen LogP contribution in [-0.4, -0.2) is 40.3 Å². The molecule has 21 heavy (non-hydrogen) atoms. The summed E-state index contributed by atoms with van der Waals surface area (Å²) in [6.07, 6.45) is 2.58. The molecule has 0 heterocycles. The second kappa shape index (κ2) is 11.0. The maximum Gasteiger partial charge on any atom is 0.544 e. The third-order valence-electron chi connectivity index (χ3n) is 2.85. The van der Waals surface area contributed by atoms with E-state index < -0.39 is 20.5 Å². The summed E-state index contributed by atoms with van der Waals surface area (Å²) in [5.74, 6) is -0.424. The van der Waals surface area contributed by atoms with Crippen molar-refractivity contribution in [3.8, 4) is 0 Å². The van der Waals surface area contributed by atoms with Gasteiger partial charge >= 0.3 is 14.8 Å². The standard InChI is InChI=1S/C15H30O5Si/c1-7-11-12-14(20-15(16)13(5)6)21(17-8-2,18-9-3)19-10-4/h14H,5,7-12H2,1-4,6H3. The highest BCUT2D eigenvalue weighted by Crippen LogP contribution is 2.23. The highest BCUT2D eigenvalue weighted by atomic mass is 28.4. The monoisotopic (exact) mass is 318 g/mol. The van der Waals surface area contributed by atoms with Gasteiger partial charge in [0.05, 0.1) is 0 Å². The molecule has 0 aliphatic heterocycles. The number of rotatable bonds is 12. The average molecular weight is 318 g/mol. The molecule has 0 amide bonds. The molecule has 0 saturated carbocycles. The minimum atomic E-state index is -3.06.